The fourth-order valence-corrected chi connectivity index (χ4v) is 3.87. The maximum Gasteiger partial charge on any atom is 0.258 e. The van der Waals surface area contributed by atoms with Crippen LogP contribution in [0.3, 0.4) is 0 Å². The predicted molar refractivity (Wildman–Crippen MR) is 94.5 cm³/mol. The van der Waals surface area contributed by atoms with Crippen molar-refractivity contribution >= 4 is 16.9 Å². The number of fused-ring (bicyclic) bond motifs is 1. The standard InChI is InChI=1S/C20H21N3O2/c1-12-14(11-18(25-12)13-8-9-13)20(24)23-10-4-7-17(23)19-21-15-5-2-3-6-16(15)22-19/h2-3,5-6,11,13,17H,4,7-10H2,1H3,(H,21,22). The maximum atomic E-state index is 13.1. The summed E-state index contributed by atoms with van der Waals surface area (Å²) in [5, 5.41) is 0. The number of H-pyrrole nitrogens is 1. The van der Waals surface area contributed by atoms with Gasteiger partial charge >= 0.3 is 0 Å². The van der Waals surface area contributed by atoms with Gasteiger partial charge in [0.25, 0.3) is 5.91 Å². The van der Waals surface area contributed by atoms with Gasteiger partial charge in [-0.05, 0) is 50.8 Å². The lowest BCUT2D eigenvalue weighted by molar-refractivity contribution is 0.0729. The fourth-order valence-electron chi connectivity index (χ4n) is 3.87. The summed E-state index contributed by atoms with van der Waals surface area (Å²) in [5.41, 5.74) is 2.68. The lowest BCUT2D eigenvalue weighted by Crippen LogP contribution is -2.31. The predicted octanol–water partition coefficient (Wildman–Crippen LogP) is 4.32. The van der Waals surface area contributed by atoms with Crippen molar-refractivity contribution < 1.29 is 9.21 Å². The van der Waals surface area contributed by atoms with Crippen molar-refractivity contribution in [1.82, 2.24) is 14.9 Å². The van der Waals surface area contributed by atoms with Gasteiger partial charge in [-0.3, -0.25) is 4.79 Å². The largest absolute Gasteiger partial charge is 0.465 e. The van der Waals surface area contributed by atoms with Gasteiger partial charge < -0.3 is 14.3 Å². The van der Waals surface area contributed by atoms with Crippen LogP contribution in [0.2, 0.25) is 0 Å². The van der Waals surface area contributed by atoms with Crippen LogP contribution in [0.25, 0.3) is 11.0 Å². The average molecular weight is 335 g/mol. The van der Waals surface area contributed by atoms with E-state index in [1.807, 2.05) is 42.2 Å². The zero-order valence-corrected chi connectivity index (χ0v) is 14.3. The Kier molecular flexibility index (Phi) is 3.23. The summed E-state index contributed by atoms with van der Waals surface area (Å²) >= 11 is 0. The van der Waals surface area contributed by atoms with E-state index in [9.17, 15) is 4.79 Å². The van der Waals surface area contributed by atoms with E-state index in [0.717, 1.165) is 47.8 Å². The first-order valence-electron chi connectivity index (χ1n) is 9.06. The molecule has 25 heavy (non-hydrogen) atoms. The molecular formula is C20H21N3O2. The van der Waals surface area contributed by atoms with Crippen molar-refractivity contribution in [2.75, 3.05) is 6.54 Å². The molecule has 5 heteroatoms. The Morgan fingerprint density at radius 3 is 2.92 bits per heavy atom. The Balaban J connectivity index is 1.46. The molecule has 1 N–H and O–H groups in total. The van der Waals surface area contributed by atoms with Crippen molar-refractivity contribution in [2.45, 2.75) is 44.6 Å². The zero-order chi connectivity index (χ0) is 17.0. The average Bonchev–Trinajstić information content (AvgIpc) is 3.06. The molecule has 0 radical (unpaired) electrons. The fraction of sp³-hybridized carbons (Fsp3) is 0.400. The van der Waals surface area contributed by atoms with Crippen LogP contribution in [0.1, 0.15) is 65.3 Å². The Hall–Kier alpha value is -2.56. The monoisotopic (exact) mass is 335 g/mol. The zero-order valence-electron chi connectivity index (χ0n) is 14.3. The number of nitrogens with zero attached hydrogens (tertiary/aromatic N) is 2. The molecule has 1 aromatic carbocycles. The number of aryl methyl sites for hydroxylation is 1. The third-order valence-corrected chi connectivity index (χ3v) is 5.38. The molecule has 1 aliphatic carbocycles. The third-order valence-electron chi connectivity index (χ3n) is 5.38. The highest BCUT2D eigenvalue weighted by Gasteiger charge is 2.35. The smallest absolute Gasteiger partial charge is 0.258 e. The Bertz CT molecular complexity index is 918. The molecule has 128 valence electrons. The molecule has 1 unspecified atom stereocenters. The van der Waals surface area contributed by atoms with Gasteiger partial charge in [0.05, 0.1) is 22.6 Å². The lowest BCUT2D eigenvalue weighted by atomic mass is 10.1. The van der Waals surface area contributed by atoms with Gasteiger partial charge in [-0.2, -0.15) is 0 Å². The molecule has 3 heterocycles. The second-order valence-electron chi connectivity index (χ2n) is 7.19. The number of para-hydroxylation sites is 2. The van der Waals surface area contributed by atoms with Gasteiger partial charge in [-0.25, -0.2) is 4.98 Å². The van der Waals surface area contributed by atoms with Gasteiger partial charge in [0.1, 0.15) is 17.3 Å². The van der Waals surface area contributed by atoms with E-state index >= 15 is 0 Å². The molecule has 1 saturated carbocycles. The summed E-state index contributed by atoms with van der Waals surface area (Å²) in [7, 11) is 0. The molecule has 5 rings (SSSR count). The lowest BCUT2D eigenvalue weighted by Gasteiger charge is -2.22. The topological polar surface area (TPSA) is 62.1 Å². The van der Waals surface area contributed by atoms with Crippen LogP contribution in [0.15, 0.2) is 34.7 Å². The van der Waals surface area contributed by atoms with Crippen molar-refractivity contribution in [3.63, 3.8) is 0 Å². The summed E-state index contributed by atoms with van der Waals surface area (Å²) in [6, 6.07) is 9.98. The molecule has 1 aliphatic heterocycles. The number of aromatic amines is 1. The molecule has 1 atom stereocenters. The molecule has 3 aromatic rings. The molecule has 5 nitrogen and oxygen atoms in total. The number of nitrogens with one attached hydrogen (secondary N) is 1. The van der Waals surface area contributed by atoms with Crippen LogP contribution in [0.4, 0.5) is 0 Å². The second-order valence-corrected chi connectivity index (χ2v) is 7.19. The molecule has 0 bridgehead atoms. The Labute approximate surface area is 146 Å². The van der Waals surface area contributed by atoms with Crippen LogP contribution in [-0.2, 0) is 0 Å². The third kappa shape index (κ3) is 2.46. The van der Waals surface area contributed by atoms with Crippen LogP contribution in [0, 0.1) is 6.92 Å². The summed E-state index contributed by atoms with van der Waals surface area (Å²) in [6.07, 6.45) is 4.29. The molecule has 1 amide bonds. The number of likely N-dealkylation sites (tertiary alicyclic amines) is 1. The number of amides is 1. The second kappa shape index (κ2) is 5.48. The van der Waals surface area contributed by atoms with Crippen molar-refractivity contribution in [1.29, 1.82) is 0 Å². The number of rotatable bonds is 3. The minimum absolute atomic E-state index is 0.0126. The number of hydrogen-bond donors (Lipinski definition) is 1. The van der Waals surface area contributed by atoms with Gasteiger partial charge in [0, 0.05) is 12.5 Å². The maximum absolute atomic E-state index is 13.1. The van der Waals surface area contributed by atoms with E-state index in [1.165, 1.54) is 12.8 Å². The molecule has 2 aliphatic rings. The Morgan fingerprint density at radius 2 is 2.12 bits per heavy atom. The Morgan fingerprint density at radius 1 is 1.28 bits per heavy atom. The first kappa shape index (κ1) is 14.8. The van der Waals surface area contributed by atoms with Gasteiger partial charge in [0.15, 0.2) is 0 Å². The summed E-state index contributed by atoms with van der Waals surface area (Å²) < 4.78 is 5.84. The first-order valence-corrected chi connectivity index (χ1v) is 9.06. The van der Waals surface area contributed by atoms with E-state index in [4.69, 9.17) is 9.40 Å². The normalized spacial score (nSPS) is 20.5. The van der Waals surface area contributed by atoms with E-state index in [-0.39, 0.29) is 11.9 Å². The number of benzene rings is 1. The number of aromatic nitrogens is 2. The number of hydrogen-bond acceptors (Lipinski definition) is 3. The number of furan rings is 1. The van der Waals surface area contributed by atoms with Crippen LogP contribution in [0.5, 0.6) is 0 Å². The van der Waals surface area contributed by atoms with Gasteiger partial charge in [-0.15, -0.1) is 0 Å². The van der Waals surface area contributed by atoms with E-state index < -0.39 is 0 Å². The molecule has 2 aromatic heterocycles. The summed E-state index contributed by atoms with van der Waals surface area (Å²) in [5.74, 6) is 3.18. The highest BCUT2D eigenvalue weighted by Crippen LogP contribution is 2.42. The summed E-state index contributed by atoms with van der Waals surface area (Å²) in [4.78, 5) is 23.2. The van der Waals surface area contributed by atoms with Gasteiger partial charge in [-0.1, -0.05) is 12.1 Å². The van der Waals surface area contributed by atoms with E-state index in [2.05, 4.69) is 4.98 Å². The highest BCUT2D eigenvalue weighted by atomic mass is 16.3. The molecule has 2 fully saturated rings. The highest BCUT2D eigenvalue weighted by molar-refractivity contribution is 5.95. The van der Waals surface area contributed by atoms with Crippen molar-refractivity contribution in [3.05, 3.63) is 53.2 Å². The summed E-state index contributed by atoms with van der Waals surface area (Å²) in [6.45, 7) is 2.66. The van der Waals surface area contributed by atoms with Crippen LogP contribution < -0.4 is 0 Å². The minimum atomic E-state index is 0.0126. The SMILES string of the molecule is Cc1oc(C2CC2)cc1C(=O)N1CCCC1c1nc2ccccc2[nH]1. The molecule has 0 spiro atoms. The molecular weight excluding hydrogens is 314 g/mol. The number of carbonyl (C=O) groups is 1. The van der Waals surface area contributed by atoms with Gasteiger partial charge in [0.2, 0.25) is 0 Å². The van der Waals surface area contributed by atoms with Crippen molar-refractivity contribution in [3.8, 4) is 0 Å². The van der Waals surface area contributed by atoms with Crippen molar-refractivity contribution in [2.24, 2.45) is 0 Å². The first-order chi connectivity index (χ1) is 12.2. The van der Waals surface area contributed by atoms with E-state index in [0.29, 0.717) is 11.5 Å². The van der Waals surface area contributed by atoms with E-state index in [1.54, 1.807) is 0 Å². The number of imidazole rings is 1. The molecule has 1 saturated heterocycles. The minimum Gasteiger partial charge on any atom is -0.465 e. The quantitative estimate of drug-likeness (QED) is 0.775. The number of carbonyl (C=O) groups excluding carboxylic acids is 1. The van der Waals surface area contributed by atoms with Crippen LogP contribution >= 0.6 is 0 Å². The van der Waals surface area contributed by atoms with Crippen LogP contribution in [-0.4, -0.2) is 27.3 Å².